The average Bonchev–Trinajstić information content (AvgIpc) is 2.42. The highest BCUT2D eigenvalue weighted by Gasteiger charge is 2.31. The van der Waals surface area contributed by atoms with Gasteiger partial charge in [0.15, 0.2) is 0 Å². The van der Waals surface area contributed by atoms with Gasteiger partial charge >= 0.3 is 0 Å². The van der Waals surface area contributed by atoms with Gasteiger partial charge in [-0.05, 0) is 45.0 Å². The molecular weight excluding hydrogens is 260 g/mol. The van der Waals surface area contributed by atoms with Crippen LogP contribution in [0.1, 0.15) is 33.3 Å². The van der Waals surface area contributed by atoms with Crippen molar-refractivity contribution in [2.75, 3.05) is 38.1 Å². The lowest BCUT2D eigenvalue weighted by Crippen LogP contribution is -2.57. The Kier molecular flexibility index (Phi) is 5.22. The molecule has 0 radical (unpaired) electrons. The van der Waals surface area contributed by atoms with E-state index in [0.29, 0.717) is 5.92 Å². The first-order valence-electron chi connectivity index (χ1n) is 8.00. The number of piperazine rings is 1. The molecule has 21 heavy (non-hydrogen) atoms. The maximum atomic E-state index is 4.66. The zero-order valence-corrected chi connectivity index (χ0v) is 14.2. The minimum atomic E-state index is 0.206. The molecule has 0 spiro atoms. The average molecular weight is 290 g/mol. The third-order valence-corrected chi connectivity index (χ3v) is 4.33. The molecule has 0 saturated carbocycles. The third kappa shape index (κ3) is 4.42. The Labute approximate surface area is 129 Å². The zero-order chi connectivity index (χ0) is 15.5. The maximum Gasteiger partial charge on any atom is 0.128 e. The zero-order valence-electron chi connectivity index (χ0n) is 14.2. The van der Waals surface area contributed by atoms with Crippen molar-refractivity contribution in [3.63, 3.8) is 0 Å². The Morgan fingerprint density at radius 2 is 2.05 bits per heavy atom. The van der Waals surface area contributed by atoms with Gasteiger partial charge in [0.1, 0.15) is 5.82 Å². The van der Waals surface area contributed by atoms with Crippen molar-refractivity contribution in [2.45, 2.75) is 39.8 Å². The predicted molar refractivity (Wildman–Crippen MR) is 89.7 cm³/mol. The molecule has 0 unspecified atom stereocenters. The van der Waals surface area contributed by atoms with E-state index in [1.54, 1.807) is 0 Å². The molecule has 1 N–H and O–H groups in total. The normalized spacial score (nSPS) is 19.2. The van der Waals surface area contributed by atoms with E-state index in [0.717, 1.165) is 38.5 Å². The van der Waals surface area contributed by atoms with E-state index in [-0.39, 0.29) is 5.54 Å². The first kappa shape index (κ1) is 16.2. The maximum absolute atomic E-state index is 4.66. The van der Waals surface area contributed by atoms with Gasteiger partial charge in [-0.2, -0.15) is 0 Å². The molecule has 0 amide bonds. The second-order valence-corrected chi connectivity index (χ2v) is 7.20. The SMILES string of the molecule is CC(C)CNCc1ccc(N2CCN(C)C(C)(C)C2)nc1. The summed E-state index contributed by atoms with van der Waals surface area (Å²) in [5.41, 5.74) is 1.46. The fourth-order valence-electron chi connectivity index (χ4n) is 2.65. The Morgan fingerprint density at radius 3 is 2.62 bits per heavy atom. The van der Waals surface area contributed by atoms with Crippen LogP contribution in [0.2, 0.25) is 0 Å². The van der Waals surface area contributed by atoms with Crippen LogP contribution in [0.5, 0.6) is 0 Å². The molecule has 1 aliphatic rings. The summed E-state index contributed by atoms with van der Waals surface area (Å²) in [6, 6.07) is 4.36. The lowest BCUT2D eigenvalue weighted by atomic mass is 10.00. The fourth-order valence-corrected chi connectivity index (χ4v) is 2.65. The van der Waals surface area contributed by atoms with Gasteiger partial charge in [-0.25, -0.2) is 4.98 Å². The van der Waals surface area contributed by atoms with Crippen LogP contribution in [0, 0.1) is 5.92 Å². The number of hydrogen-bond donors (Lipinski definition) is 1. The van der Waals surface area contributed by atoms with Crippen molar-refractivity contribution >= 4 is 5.82 Å². The molecule has 0 atom stereocenters. The summed E-state index contributed by atoms with van der Waals surface area (Å²) in [6.07, 6.45) is 2.01. The van der Waals surface area contributed by atoms with Crippen molar-refractivity contribution in [1.82, 2.24) is 15.2 Å². The number of anilines is 1. The summed E-state index contributed by atoms with van der Waals surface area (Å²) in [5.74, 6) is 1.79. The van der Waals surface area contributed by atoms with E-state index < -0.39 is 0 Å². The van der Waals surface area contributed by atoms with E-state index in [2.05, 4.69) is 67.0 Å². The lowest BCUT2D eigenvalue weighted by Gasteiger charge is -2.45. The summed E-state index contributed by atoms with van der Waals surface area (Å²) < 4.78 is 0. The molecule has 0 bridgehead atoms. The van der Waals surface area contributed by atoms with Crippen molar-refractivity contribution < 1.29 is 0 Å². The molecule has 1 aromatic rings. The number of nitrogens with zero attached hydrogens (tertiary/aromatic N) is 3. The molecule has 1 fully saturated rings. The smallest absolute Gasteiger partial charge is 0.128 e. The largest absolute Gasteiger partial charge is 0.354 e. The summed E-state index contributed by atoms with van der Waals surface area (Å²) in [6.45, 7) is 14.2. The van der Waals surface area contributed by atoms with Crippen molar-refractivity contribution in [3.8, 4) is 0 Å². The lowest BCUT2D eigenvalue weighted by molar-refractivity contribution is 0.138. The van der Waals surface area contributed by atoms with Gasteiger partial charge in [0.25, 0.3) is 0 Å². The minimum absolute atomic E-state index is 0.206. The third-order valence-electron chi connectivity index (χ3n) is 4.33. The molecule has 0 aromatic carbocycles. The van der Waals surface area contributed by atoms with E-state index in [1.165, 1.54) is 5.56 Å². The molecule has 4 nitrogen and oxygen atoms in total. The van der Waals surface area contributed by atoms with Gasteiger partial charge < -0.3 is 10.2 Å². The fraction of sp³-hybridized carbons (Fsp3) is 0.706. The summed E-state index contributed by atoms with van der Waals surface area (Å²) >= 11 is 0. The van der Waals surface area contributed by atoms with Gasteiger partial charge in [0.2, 0.25) is 0 Å². The highest BCUT2D eigenvalue weighted by molar-refractivity contribution is 5.40. The number of pyridine rings is 1. The Hall–Kier alpha value is -1.13. The number of rotatable bonds is 5. The number of likely N-dealkylation sites (N-methyl/N-ethyl adjacent to an activating group) is 1. The monoisotopic (exact) mass is 290 g/mol. The van der Waals surface area contributed by atoms with Gasteiger partial charge in [-0.15, -0.1) is 0 Å². The van der Waals surface area contributed by atoms with E-state index in [9.17, 15) is 0 Å². The van der Waals surface area contributed by atoms with Gasteiger partial charge in [-0.3, -0.25) is 4.90 Å². The molecule has 118 valence electrons. The van der Waals surface area contributed by atoms with Crippen molar-refractivity contribution in [3.05, 3.63) is 23.9 Å². The van der Waals surface area contributed by atoms with E-state index >= 15 is 0 Å². The first-order chi connectivity index (χ1) is 9.88. The van der Waals surface area contributed by atoms with Crippen molar-refractivity contribution in [1.29, 1.82) is 0 Å². The highest BCUT2D eigenvalue weighted by atomic mass is 15.3. The summed E-state index contributed by atoms with van der Waals surface area (Å²) in [5, 5.41) is 3.46. The van der Waals surface area contributed by atoms with Gasteiger partial charge in [0, 0.05) is 37.9 Å². The summed E-state index contributed by atoms with van der Waals surface area (Å²) in [7, 11) is 2.20. The first-order valence-corrected chi connectivity index (χ1v) is 8.00. The van der Waals surface area contributed by atoms with Gasteiger partial charge in [0.05, 0.1) is 0 Å². The van der Waals surface area contributed by atoms with E-state index in [1.807, 2.05) is 6.20 Å². The second-order valence-electron chi connectivity index (χ2n) is 7.20. The predicted octanol–water partition coefficient (Wildman–Crippen LogP) is 2.36. The van der Waals surface area contributed by atoms with Crippen LogP contribution < -0.4 is 10.2 Å². The Bertz CT molecular complexity index is 439. The van der Waals surface area contributed by atoms with Crippen LogP contribution in [0.25, 0.3) is 0 Å². The number of hydrogen-bond acceptors (Lipinski definition) is 4. The molecular formula is C17H30N4. The molecule has 4 heteroatoms. The molecule has 2 rings (SSSR count). The minimum Gasteiger partial charge on any atom is -0.354 e. The quantitative estimate of drug-likeness (QED) is 0.902. The van der Waals surface area contributed by atoms with Crippen LogP contribution in [0.4, 0.5) is 5.82 Å². The van der Waals surface area contributed by atoms with Crippen molar-refractivity contribution in [2.24, 2.45) is 5.92 Å². The number of aromatic nitrogens is 1. The molecule has 0 aliphatic carbocycles. The molecule has 1 saturated heterocycles. The molecule has 1 aromatic heterocycles. The van der Waals surface area contributed by atoms with Crippen LogP contribution in [0.3, 0.4) is 0 Å². The topological polar surface area (TPSA) is 31.4 Å². The molecule has 2 heterocycles. The summed E-state index contributed by atoms with van der Waals surface area (Å²) in [4.78, 5) is 9.48. The Balaban J connectivity index is 1.93. The van der Waals surface area contributed by atoms with Crippen LogP contribution in [-0.4, -0.2) is 48.6 Å². The molecule has 1 aliphatic heterocycles. The van der Waals surface area contributed by atoms with Crippen LogP contribution >= 0.6 is 0 Å². The highest BCUT2D eigenvalue weighted by Crippen LogP contribution is 2.23. The second kappa shape index (κ2) is 6.75. The van der Waals surface area contributed by atoms with E-state index in [4.69, 9.17) is 0 Å². The van der Waals surface area contributed by atoms with Crippen LogP contribution in [0.15, 0.2) is 18.3 Å². The van der Waals surface area contributed by atoms with Crippen LogP contribution in [-0.2, 0) is 6.54 Å². The number of nitrogens with one attached hydrogen (secondary N) is 1. The standard InChI is InChI=1S/C17H30N4/c1-14(2)10-18-11-15-6-7-16(19-12-15)21-9-8-20(5)17(3,4)13-21/h6-7,12,14,18H,8-11,13H2,1-5H3. The van der Waals surface area contributed by atoms with Gasteiger partial charge in [-0.1, -0.05) is 19.9 Å². The Morgan fingerprint density at radius 1 is 1.29 bits per heavy atom.